The smallest absolute Gasteiger partial charge is 0.311 e. The Morgan fingerprint density at radius 1 is 0.955 bits per heavy atom. The van der Waals surface area contributed by atoms with Crippen molar-refractivity contribution in [1.82, 2.24) is 5.32 Å². The molecule has 0 amide bonds. The average molecular weight is 299 g/mol. The van der Waals surface area contributed by atoms with Gasteiger partial charge in [0, 0.05) is 6.54 Å². The minimum Gasteiger partial charge on any atom is -0.481 e. The summed E-state index contributed by atoms with van der Waals surface area (Å²) < 4.78 is 0. The molecule has 116 valence electrons. The lowest BCUT2D eigenvalue weighted by molar-refractivity contribution is -0.138. The van der Waals surface area contributed by atoms with E-state index < -0.39 is 18.0 Å². The van der Waals surface area contributed by atoms with E-state index >= 15 is 0 Å². The molecule has 0 saturated carbocycles. The van der Waals surface area contributed by atoms with Gasteiger partial charge in [-0.25, -0.2) is 0 Å². The summed E-state index contributed by atoms with van der Waals surface area (Å²) in [5.74, 6) is -1.35. The number of rotatable bonds is 8. The molecule has 2 aromatic rings. The Balaban J connectivity index is 1.80. The van der Waals surface area contributed by atoms with Crippen LogP contribution in [0.5, 0.6) is 0 Å². The Morgan fingerprint density at radius 2 is 1.50 bits per heavy atom. The third kappa shape index (κ3) is 4.69. The standard InChI is InChI=1S/C18H21NO3/c20-17(15-9-5-2-6-10-15)13-19-12-11-16(18(21)22)14-7-3-1-4-8-14/h1-10,16-17,19-20H,11-13H2,(H,21,22)/t16-,17?/m1/s1. The van der Waals surface area contributed by atoms with Gasteiger partial charge >= 0.3 is 5.97 Å². The van der Waals surface area contributed by atoms with E-state index in [2.05, 4.69) is 5.32 Å². The Labute approximate surface area is 130 Å². The third-order valence-electron chi connectivity index (χ3n) is 3.63. The molecule has 22 heavy (non-hydrogen) atoms. The monoisotopic (exact) mass is 299 g/mol. The van der Waals surface area contributed by atoms with Crippen LogP contribution in [0.3, 0.4) is 0 Å². The summed E-state index contributed by atoms with van der Waals surface area (Å²) >= 11 is 0. The predicted molar refractivity (Wildman–Crippen MR) is 85.7 cm³/mol. The Hall–Kier alpha value is -2.17. The van der Waals surface area contributed by atoms with Crippen LogP contribution in [0.1, 0.15) is 29.6 Å². The van der Waals surface area contributed by atoms with E-state index in [0.717, 1.165) is 11.1 Å². The first kappa shape index (κ1) is 16.2. The summed E-state index contributed by atoms with van der Waals surface area (Å²) in [4.78, 5) is 11.4. The highest BCUT2D eigenvalue weighted by Gasteiger charge is 2.19. The molecule has 0 aliphatic rings. The zero-order valence-corrected chi connectivity index (χ0v) is 12.4. The van der Waals surface area contributed by atoms with Gasteiger partial charge in [-0.15, -0.1) is 0 Å². The molecule has 0 aromatic heterocycles. The summed E-state index contributed by atoms with van der Waals surface area (Å²) in [6, 6.07) is 18.6. The number of hydrogen-bond donors (Lipinski definition) is 3. The normalized spacial score (nSPS) is 13.5. The SMILES string of the molecule is O=C(O)[C@H](CCNCC(O)c1ccccc1)c1ccccc1. The van der Waals surface area contributed by atoms with E-state index in [1.807, 2.05) is 60.7 Å². The number of nitrogens with one attached hydrogen (secondary N) is 1. The largest absolute Gasteiger partial charge is 0.481 e. The lowest BCUT2D eigenvalue weighted by atomic mass is 9.96. The molecule has 0 aliphatic carbocycles. The van der Waals surface area contributed by atoms with E-state index in [-0.39, 0.29) is 0 Å². The predicted octanol–water partition coefficient (Wildman–Crippen LogP) is 2.57. The molecule has 2 atom stereocenters. The van der Waals surface area contributed by atoms with E-state index in [1.165, 1.54) is 0 Å². The first-order chi connectivity index (χ1) is 10.7. The van der Waals surface area contributed by atoms with Gasteiger partial charge in [-0.2, -0.15) is 0 Å². The van der Waals surface area contributed by atoms with Crippen LogP contribution in [0.4, 0.5) is 0 Å². The van der Waals surface area contributed by atoms with Crippen LogP contribution in [0.15, 0.2) is 60.7 Å². The van der Waals surface area contributed by atoms with Crippen molar-refractivity contribution in [2.75, 3.05) is 13.1 Å². The van der Waals surface area contributed by atoms with Crippen LogP contribution in [-0.2, 0) is 4.79 Å². The van der Waals surface area contributed by atoms with Crippen molar-refractivity contribution in [1.29, 1.82) is 0 Å². The number of carboxylic acids is 1. The fourth-order valence-corrected chi connectivity index (χ4v) is 2.40. The highest BCUT2D eigenvalue weighted by molar-refractivity contribution is 5.76. The summed E-state index contributed by atoms with van der Waals surface area (Å²) in [5.41, 5.74) is 1.66. The van der Waals surface area contributed by atoms with E-state index in [0.29, 0.717) is 19.5 Å². The van der Waals surface area contributed by atoms with Gasteiger partial charge in [-0.05, 0) is 24.1 Å². The van der Waals surface area contributed by atoms with Crippen molar-refractivity contribution in [3.8, 4) is 0 Å². The van der Waals surface area contributed by atoms with Gasteiger partial charge in [0.25, 0.3) is 0 Å². The maximum absolute atomic E-state index is 11.4. The minimum absolute atomic E-state index is 0.408. The lowest BCUT2D eigenvalue weighted by Crippen LogP contribution is -2.25. The highest BCUT2D eigenvalue weighted by Crippen LogP contribution is 2.19. The maximum Gasteiger partial charge on any atom is 0.311 e. The van der Waals surface area contributed by atoms with Gasteiger partial charge in [0.1, 0.15) is 0 Å². The second kappa shape index (κ2) is 8.32. The van der Waals surface area contributed by atoms with Gasteiger partial charge in [0.15, 0.2) is 0 Å². The number of carbonyl (C=O) groups is 1. The fraction of sp³-hybridized carbons (Fsp3) is 0.278. The van der Waals surface area contributed by atoms with Crippen LogP contribution in [0.25, 0.3) is 0 Å². The molecular formula is C18H21NO3. The Kier molecular flexibility index (Phi) is 6.13. The van der Waals surface area contributed by atoms with Crippen molar-refractivity contribution in [2.24, 2.45) is 0 Å². The first-order valence-corrected chi connectivity index (χ1v) is 7.40. The molecule has 0 saturated heterocycles. The molecule has 0 aliphatic heterocycles. The van der Waals surface area contributed by atoms with E-state index in [4.69, 9.17) is 0 Å². The molecule has 0 spiro atoms. The highest BCUT2D eigenvalue weighted by atomic mass is 16.4. The van der Waals surface area contributed by atoms with Gasteiger partial charge in [-0.1, -0.05) is 60.7 Å². The van der Waals surface area contributed by atoms with E-state index in [9.17, 15) is 15.0 Å². The number of hydrogen-bond acceptors (Lipinski definition) is 3. The number of aliphatic carboxylic acids is 1. The molecule has 4 nitrogen and oxygen atoms in total. The topological polar surface area (TPSA) is 69.6 Å². The molecule has 0 fully saturated rings. The van der Waals surface area contributed by atoms with Crippen molar-refractivity contribution in [3.05, 3.63) is 71.8 Å². The molecule has 1 unspecified atom stereocenters. The Bertz CT molecular complexity index is 571. The van der Waals surface area contributed by atoms with Gasteiger partial charge in [0.2, 0.25) is 0 Å². The summed E-state index contributed by atoms with van der Waals surface area (Å²) in [5, 5.41) is 22.5. The molecular weight excluding hydrogens is 278 g/mol. The second-order valence-corrected chi connectivity index (χ2v) is 5.22. The molecule has 3 N–H and O–H groups in total. The second-order valence-electron chi connectivity index (χ2n) is 5.22. The zero-order chi connectivity index (χ0) is 15.8. The summed E-state index contributed by atoms with van der Waals surface area (Å²) in [6.45, 7) is 0.945. The van der Waals surface area contributed by atoms with Crippen molar-refractivity contribution in [3.63, 3.8) is 0 Å². The maximum atomic E-state index is 11.4. The zero-order valence-electron chi connectivity index (χ0n) is 12.4. The molecule has 0 radical (unpaired) electrons. The van der Waals surface area contributed by atoms with E-state index in [1.54, 1.807) is 0 Å². The average Bonchev–Trinajstić information content (AvgIpc) is 2.56. The lowest BCUT2D eigenvalue weighted by Gasteiger charge is -2.15. The molecule has 2 aromatic carbocycles. The van der Waals surface area contributed by atoms with Crippen LogP contribution >= 0.6 is 0 Å². The van der Waals surface area contributed by atoms with Gasteiger partial charge < -0.3 is 15.5 Å². The van der Waals surface area contributed by atoms with Crippen LogP contribution < -0.4 is 5.32 Å². The van der Waals surface area contributed by atoms with Gasteiger partial charge in [-0.3, -0.25) is 4.79 Å². The number of aliphatic hydroxyl groups is 1. The number of aliphatic hydroxyl groups excluding tert-OH is 1. The van der Waals surface area contributed by atoms with Gasteiger partial charge in [0.05, 0.1) is 12.0 Å². The number of carboxylic acid groups (broad SMARTS) is 1. The van der Waals surface area contributed by atoms with Crippen molar-refractivity contribution in [2.45, 2.75) is 18.4 Å². The molecule has 0 bridgehead atoms. The quantitative estimate of drug-likeness (QED) is 0.655. The van der Waals surface area contributed by atoms with Crippen molar-refractivity contribution < 1.29 is 15.0 Å². The third-order valence-corrected chi connectivity index (χ3v) is 3.63. The Morgan fingerprint density at radius 3 is 2.05 bits per heavy atom. The van der Waals surface area contributed by atoms with Crippen LogP contribution in [-0.4, -0.2) is 29.3 Å². The minimum atomic E-state index is -0.823. The molecule has 0 heterocycles. The summed E-state index contributed by atoms with van der Waals surface area (Å²) in [7, 11) is 0. The first-order valence-electron chi connectivity index (χ1n) is 7.40. The number of benzene rings is 2. The molecule has 2 rings (SSSR count). The molecule has 4 heteroatoms. The van der Waals surface area contributed by atoms with Crippen LogP contribution in [0, 0.1) is 0 Å². The van der Waals surface area contributed by atoms with Crippen LogP contribution in [0.2, 0.25) is 0 Å². The van der Waals surface area contributed by atoms with Crippen molar-refractivity contribution >= 4 is 5.97 Å². The fourth-order valence-electron chi connectivity index (χ4n) is 2.40. The summed E-state index contributed by atoms with van der Waals surface area (Å²) in [6.07, 6.45) is -0.0953.